The molecule has 0 atom stereocenters. The van der Waals surface area contributed by atoms with E-state index in [-0.39, 0.29) is 0 Å². The molecule has 19 heavy (non-hydrogen) atoms. The fourth-order valence-corrected chi connectivity index (χ4v) is 2.10. The highest BCUT2D eigenvalue weighted by molar-refractivity contribution is 5.46. The van der Waals surface area contributed by atoms with Crippen molar-refractivity contribution in [3.63, 3.8) is 0 Å². The Hall–Kier alpha value is -1.81. The number of hydrogen-bond donors (Lipinski definition) is 1. The fourth-order valence-electron chi connectivity index (χ4n) is 2.10. The lowest BCUT2D eigenvalue weighted by molar-refractivity contribution is 0.658. The number of aryl methyl sites for hydroxylation is 1. The lowest BCUT2D eigenvalue weighted by Crippen LogP contribution is -2.25. The highest BCUT2D eigenvalue weighted by Crippen LogP contribution is 2.16. The maximum atomic E-state index is 5.63. The van der Waals surface area contributed by atoms with Crippen molar-refractivity contribution in [2.24, 2.45) is 5.73 Å². The normalized spacial score (nSPS) is 10.6. The third-order valence-corrected chi connectivity index (χ3v) is 3.14. The molecular formula is C15H22N4. The summed E-state index contributed by atoms with van der Waals surface area (Å²) in [6.07, 6.45) is 5.05. The van der Waals surface area contributed by atoms with Crippen molar-refractivity contribution in [1.82, 2.24) is 9.78 Å². The number of hydrogen-bond acceptors (Lipinski definition) is 3. The van der Waals surface area contributed by atoms with Crippen LogP contribution in [0, 0.1) is 0 Å². The first-order chi connectivity index (χ1) is 9.33. The van der Waals surface area contributed by atoms with E-state index in [1.54, 1.807) is 0 Å². The van der Waals surface area contributed by atoms with E-state index in [9.17, 15) is 0 Å². The Morgan fingerprint density at radius 3 is 2.68 bits per heavy atom. The van der Waals surface area contributed by atoms with E-state index in [0.29, 0.717) is 0 Å². The van der Waals surface area contributed by atoms with Crippen molar-refractivity contribution >= 4 is 5.69 Å². The van der Waals surface area contributed by atoms with Crippen molar-refractivity contribution in [1.29, 1.82) is 0 Å². The van der Waals surface area contributed by atoms with Crippen LogP contribution in [0.5, 0.6) is 0 Å². The molecule has 0 bridgehead atoms. The van der Waals surface area contributed by atoms with E-state index in [0.717, 1.165) is 32.6 Å². The van der Waals surface area contributed by atoms with Crippen LogP contribution < -0.4 is 10.6 Å². The predicted octanol–water partition coefficient (Wildman–Crippen LogP) is 2.26. The van der Waals surface area contributed by atoms with Gasteiger partial charge in [0.1, 0.15) is 0 Å². The molecule has 0 aliphatic rings. The van der Waals surface area contributed by atoms with Crippen molar-refractivity contribution < 1.29 is 0 Å². The van der Waals surface area contributed by atoms with Gasteiger partial charge in [-0.2, -0.15) is 5.10 Å². The van der Waals surface area contributed by atoms with Gasteiger partial charge in [0.2, 0.25) is 0 Å². The van der Waals surface area contributed by atoms with Crippen LogP contribution in [0.1, 0.15) is 18.9 Å². The molecule has 1 aromatic carbocycles. The van der Waals surface area contributed by atoms with Gasteiger partial charge in [-0.05, 0) is 32.0 Å². The second kappa shape index (κ2) is 6.95. The summed E-state index contributed by atoms with van der Waals surface area (Å²) in [5.41, 5.74) is 8.11. The van der Waals surface area contributed by atoms with Crippen molar-refractivity contribution in [2.75, 3.05) is 18.0 Å². The summed E-state index contributed by atoms with van der Waals surface area (Å²) in [7, 11) is 0. The van der Waals surface area contributed by atoms with Gasteiger partial charge in [-0.3, -0.25) is 4.68 Å². The molecule has 0 amide bonds. The lowest BCUT2D eigenvalue weighted by atomic mass is 10.2. The third-order valence-electron chi connectivity index (χ3n) is 3.14. The van der Waals surface area contributed by atoms with Crippen LogP contribution in [0.3, 0.4) is 0 Å². The Labute approximate surface area is 114 Å². The SMILES string of the molecule is CCn1cc(CN(CCCN)c2ccccc2)cn1. The Morgan fingerprint density at radius 2 is 2.05 bits per heavy atom. The van der Waals surface area contributed by atoms with Crippen molar-refractivity contribution in [3.8, 4) is 0 Å². The highest BCUT2D eigenvalue weighted by Gasteiger charge is 2.08. The first-order valence-corrected chi connectivity index (χ1v) is 6.85. The van der Waals surface area contributed by atoms with E-state index in [1.807, 2.05) is 16.9 Å². The first kappa shape index (κ1) is 13.6. The predicted molar refractivity (Wildman–Crippen MR) is 79.1 cm³/mol. The maximum Gasteiger partial charge on any atom is 0.0539 e. The second-order valence-corrected chi connectivity index (χ2v) is 4.60. The molecule has 4 nitrogen and oxygen atoms in total. The zero-order valence-electron chi connectivity index (χ0n) is 11.5. The number of rotatable bonds is 7. The van der Waals surface area contributed by atoms with Gasteiger partial charge in [-0.1, -0.05) is 18.2 Å². The topological polar surface area (TPSA) is 47.1 Å². The minimum absolute atomic E-state index is 0.720. The van der Waals surface area contributed by atoms with Crippen LogP contribution in [0.15, 0.2) is 42.7 Å². The molecule has 0 saturated carbocycles. The van der Waals surface area contributed by atoms with E-state index >= 15 is 0 Å². The standard InChI is InChI=1S/C15H22N4/c1-2-19-13-14(11-17-19)12-18(10-6-9-16)15-7-4-3-5-8-15/h3-5,7-8,11,13H,2,6,9-10,12,16H2,1H3. The largest absolute Gasteiger partial charge is 0.367 e. The van der Waals surface area contributed by atoms with Crippen LogP contribution in [0.2, 0.25) is 0 Å². The number of anilines is 1. The Balaban J connectivity index is 2.09. The fraction of sp³-hybridized carbons (Fsp3) is 0.400. The lowest BCUT2D eigenvalue weighted by Gasteiger charge is -2.24. The molecule has 4 heteroatoms. The molecule has 0 aliphatic carbocycles. The van der Waals surface area contributed by atoms with Gasteiger partial charge in [0.05, 0.1) is 6.20 Å². The van der Waals surface area contributed by atoms with Gasteiger partial charge in [-0.25, -0.2) is 0 Å². The molecule has 2 N–H and O–H groups in total. The second-order valence-electron chi connectivity index (χ2n) is 4.60. The zero-order chi connectivity index (χ0) is 13.5. The van der Waals surface area contributed by atoms with Crippen LogP contribution >= 0.6 is 0 Å². The molecule has 0 unspecified atom stereocenters. The number of nitrogens with zero attached hydrogens (tertiary/aromatic N) is 3. The summed E-state index contributed by atoms with van der Waals surface area (Å²) in [5, 5.41) is 4.33. The third kappa shape index (κ3) is 3.83. The van der Waals surface area contributed by atoms with E-state index < -0.39 is 0 Å². The van der Waals surface area contributed by atoms with E-state index in [4.69, 9.17) is 5.73 Å². The van der Waals surface area contributed by atoms with Gasteiger partial charge < -0.3 is 10.6 Å². The molecule has 1 aromatic heterocycles. The van der Waals surface area contributed by atoms with Gasteiger partial charge in [0.25, 0.3) is 0 Å². The molecule has 0 fully saturated rings. The van der Waals surface area contributed by atoms with E-state index in [1.165, 1.54) is 11.3 Å². The summed E-state index contributed by atoms with van der Waals surface area (Å²) in [6.45, 7) is 5.58. The monoisotopic (exact) mass is 258 g/mol. The summed E-state index contributed by atoms with van der Waals surface area (Å²) < 4.78 is 1.96. The minimum atomic E-state index is 0.720. The van der Waals surface area contributed by atoms with Crippen LogP contribution in [-0.2, 0) is 13.1 Å². The Kier molecular flexibility index (Phi) is 4.98. The summed E-state index contributed by atoms with van der Waals surface area (Å²) in [5.74, 6) is 0. The molecule has 1 heterocycles. The van der Waals surface area contributed by atoms with E-state index in [2.05, 4.69) is 47.4 Å². The van der Waals surface area contributed by atoms with Crippen molar-refractivity contribution in [2.45, 2.75) is 26.4 Å². The molecule has 0 aliphatic heterocycles. The summed E-state index contributed by atoms with van der Waals surface area (Å²) in [4.78, 5) is 2.35. The molecule has 2 aromatic rings. The molecule has 0 spiro atoms. The maximum absolute atomic E-state index is 5.63. The molecule has 0 saturated heterocycles. The molecule has 2 rings (SSSR count). The zero-order valence-corrected chi connectivity index (χ0v) is 11.5. The minimum Gasteiger partial charge on any atom is -0.367 e. The molecular weight excluding hydrogens is 236 g/mol. The van der Waals surface area contributed by atoms with Gasteiger partial charge in [-0.15, -0.1) is 0 Å². The first-order valence-electron chi connectivity index (χ1n) is 6.85. The smallest absolute Gasteiger partial charge is 0.0539 e. The number of nitrogens with two attached hydrogens (primary N) is 1. The number of benzene rings is 1. The summed E-state index contributed by atoms with van der Waals surface area (Å²) in [6, 6.07) is 10.5. The van der Waals surface area contributed by atoms with Gasteiger partial charge >= 0.3 is 0 Å². The van der Waals surface area contributed by atoms with Crippen LogP contribution in [0.25, 0.3) is 0 Å². The summed E-state index contributed by atoms with van der Waals surface area (Å²) >= 11 is 0. The van der Waals surface area contributed by atoms with Crippen LogP contribution in [-0.4, -0.2) is 22.9 Å². The highest BCUT2D eigenvalue weighted by atomic mass is 15.3. The van der Waals surface area contributed by atoms with Gasteiger partial charge in [0, 0.05) is 37.1 Å². The molecule has 0 radical (unpaired) electrons. The quantitative estimate of drug-likeness (QED) is 0.828. The Morgan fingerprint density at radius 1 is 1.26 bits per heavy atom. The number of aromatic nitrogens is 2. The van der Waals surface area contributed by atoms with Crippen LogP contribution in [0.4, 0.5) is 5.69 Å². The van der Waals surface area contributed by atoms with Gasteiger partial charge in [0.15, 0.2) is 0 Å². The molecule has 102 valence electrons. The van der Waals surface area contributed by atoms with Crippen molar-refractivity contribution in [3.05, 3.63) is 48.3 Å². The number of para-hydroxylation sites is 1. The average molecular weight is 258 g/mol. The Bertz CT molecular complexity index is 478. The average Bonchev–Trinajstić information content (AvgIpc) is 2.92.